The quantitative estimate of drug-likeness (QED) is 0.895. The Morgan fingerprint density at radius 2 is 2.47 bits per heavy atom. The molecule has 0 aromatic carbocycles. The van der Waals surface area contributed by atoms with Crippen LogP contribution in [-0.2, 0) is 19.5 Å². The summed E-state index contributed by atoms with van der Waals surface area (Å²) in [7, 11) is 0. The van der Waals surface area contributed by atoms with Crippen LogP contribution in [0.3, 0.4) is 0 Å². The Kier molecular flexibility index (Phi) is 3.20. The van der Waals surface area contributed by atoms with Crippen LogP contribution < -0.4 is 5.32 Å². The normalized spacial score (nSPS) is 19.2. The summed E-state index contributed by atoms with van der Waals surface area (Å²) in [5, 5.41) is 5.59. The third-order valence-corrected chi connectivity index (χ3v) is 3.89. The third kappa shape index (κ3) is 2.56. The Hall–Kier alpha value is -1.20. The fraction of sp³-hybridized carbons (Fsp3) is 0.500. The molecule has 1 aliphatic rings. The molecule has 3 rings (SSSR count). The summed E-state index contributed by atoms with van der Waals surface area (Å²) in [5.41, 5.74) is 3.03. The number of aryl methyl sites for hydroxylation is 1. The highest BCUT2D eigenvalue weighted by Gasteiger charge is 2.18. The number of thiazole rings is 1. The highest BCUT2D eigenvalue weighted by atomic mass is 32.1. The summed E-state index contributed by atoms with van der Waals surface area (Å²) in [5.74, 6) is 1.95. The first-order chi connectivity index (χ1) is 8.42. The van der Waals surface area contributed by atoms with E-state index < -0.39 is 0 Å². The molecule has 2 aromatic rings. The number of imidazole rings is 1. The topological polar surface area (TPSA) is 42.7 Å². The highest BCUT2D eigenvalue weighted by molar-refractivity contribution is 7.07. The Morgan fingerprint density at radius 1 is 1.47 bits per heavy atom. The molecule has 1 atom stereocenters. The van der Waals surface area contributed by atoms with Gasteiger partial charge in [-0.05, 0) is 12.3 Å². The summed E-state index contributed by atoms with van der Waals surface area (Å²) in [4.78, 5) is 8.61. The molecule has 2 aromatic heterocycles. The maximum absolute atomic E-state index is 4.35. The number of nitrogens with one attached hydrogen (secondary N) is 1. The van der Waals surface area contributed by atoms with E-state index in [-0.39, 0.29) is 0 Å². The number of nitrogens with zero attached hydrogens (tertiary/aromatic N) is 3. The Balaban J connectivity index is 1.48. The van der Waals surface area contributed by atoms with E-state index in [0.717, 1.165) is 37.7 Å². The zero-order valence-electron chi connectivity index (χ0n) is 9.67. The molecular formula is C12H16N4S. The predicted molar refractivity (Wildman–Crippen MR) is 67.9 cm³/mol. The standard InChI is InChI=1S/C12H16N4S/c1-2-12-14-3-4-16(12)7-10(1)5-13-6-11-8-17-9-15-11/h3-4,8-10,13H,1-2,5-7H2. The minimum Gasteiger partial charge on any atom is -0.335 e. The smallest absolute Gasteiger partial charge is 0.108 e. The van der Waals surface area contributed by atoms with Crippen molar-refractivity contribution in [2.24, 2.45) is 5.92 Å². The average Bonchev–Trinajstić information content (AvgIpc) is 2.98. The van der Waals surface area contributed by atoms with Crippen molar-refractivity contribution >= 4 is 11.3 Å². The molecule has 1 unspecified atom stereocenters. The van der Waals surface area contributed by atoms with Crippen molar-refractivity contribution in [3.05, 3.63) is 34.8 Å². The summed E-state index contributed by atoms with van der Waals surface area (Å²) >= 11 is 1.65. The van der Waals surface area contributed by atoms with Gasteiger partial charge < -0.3 is 9.88 Å². The molecule has 0 fully saturated rings. The van der Waals surface area contributed by atoms with E-state index in [1.54, 1.807) is 11.3 Å². The Morgan fingerprint density at radius 3 is 3.35 bits per heavy atom. The first kappa shape index (κ1) is 10.9. The van der Waals surface area contributed by atoms with E-state index in [9.17, 15) is 0 Å². The van der Waals surface area contributed by atoms with Crippen molar-refractivity contribution in [3.8, 4) is 0 Å². The fourth-order valence-electron chi connectivity index (χ4n) is 2.33. The second-order valence-corrected chi connectivity index (χ2v) is 5.23. The molecule has 5 heteroatoms. The molecule has 0 radical (unpaired) electrons. The van der Waals surface area contributed by atoms with Gasteiger partial charge in [0.2, 0.25) is 0 Å². The van der Waals surface area contributed by atoms with Gasteiger partial charge in [0.1, 0.15) is 5.82 Å². The maximum Gasteiger partial charge on any atom is 0.108 e. The average molecular weight is 248 g/mol. The maximum atomic E-state index is 4.35. The third-order valence-electron chi connectivity index (χ3n) is 3.26. The van der Waals surface area contributed by atoms with Crippen LogP contribution in [0.25, 0.3) is 0 Å². The minimum absolute atomic E-state index is 0.718. The van der Waals surface area contributed by atoms with Gasteiger partial charge in [0.25, 0.3) is 0 Å². The molecule has 4 nitrogen and oxygen atoms in total. The number of fused-ring (bicyclic) bond motifs is 1. The van der Waals surface area contributed by atoms with Crippen molar-refractivity contribution in [1.82, 2.24) is 19.9 Å². The Bertz CT molecular complexity index is 463. The lowest BCUT2D eigenvalue weighted by molar-refractivity contribution is 0.347. The lowest BCUT2D eigenvalue weighted by atomic mass is 9.99. The van der Waals surface area contributed by atoms with Gasteiger partial charge in [-0.25, -0.2) is 9.97 Å². The fourth-order valence-corrected chi connectivity index (χ4v) is 2.89. The van der Waals surface area contributed by atoms with Crippen molar-refractivity contribution in [2.45, 2.75) is 25.9 Å². The van der Waals surface area contributed by atoms with Gasteiger partial charge in [-0.2, -0.15) is 0 Å². The van der Waals surface area contributed by atoms with Crippen molar-refractivity contribution in [2.75, 3.05) is 6.54 Å². The van der Waals surface area contributed by atoms with Gasteiger partial charge >= 0.3 is 0 Å². The molecule has 0 saturated carbocycles. The second kappa shape index (κ2) is 4.98. The SMILES string of the molecule is c1cn2c(n1)CCC(CNCc1cscn1)C2. The van der Waals surface area contributed by atoms with E-state index >= 15 is 0 Å². The van der Waals surface area contributed by atoms with Crippen molar-refractivity contribution < 1.29 is 0 Å². The monoisotopic (exact) mass is 248 g/mol. The van der Waals surface area contributed by atoms with Crippen LogP contribution in [0.1, 0.15) is 17.9 Å². The van der Waals surface area contributed by atoms with Crippen LogP contribution in [-0.4, -0.2) is 21.1 Å². The lowest BCUT2D eigenvalue weighted by Crippen LogP contribution is -2.29. The molecular weight excluding hydrogens is 232 g/mol. The molecule has 0 aliphatic carbocycles. The number of hydrogen-bond donors (Lipinski definition) is 1. The first-order valence-electron chi connectivity index (χ1n) is 5.99. The molecule has 3 heterocycles. The molecule has 0 spiro atoms. The molecule has 17 heavy (non-hydrogen) atoms. The van der Waals surface area contributed by atoms with Gasteiger partial charge in [-0.3, -0.25) is 0 Å². The van der Waals surface area contributed by atoms with Gasteiger partial charge in [0.05, 0.1) is 11.2 Å². The van der Waals surface area contributed by atoms with Crippen LogP contribution in [0.5, 0.6) is 0 Å². The summed E-state index contributed by atoms with van der Waals surface area (Å²) in [6.07, 6.45) is 6.33. The Labute approximate surface area is 105 Å². The van der Waals surface area contributed by atoms with Crippen molar-refractivity contribution in [1.29, 1.82) is 0 Å². The van der Waals surface area contributed by atoms with Crippen LogP contribution in [0, 0.1) is 5.92 Å². The molecule has 1 N–H and O–H groups in total. The van der Waals surface area contributed by atoms with Crippen molar-refractivity contribution in [3.63, 3.8) is 0 Å². The summed E-state index contributed by atoms with van der Waals surface area (Å²) < 4.78 is 2.28. The number of rotatable bonds is 4. The molecule has 90 valence electrons. The zero-order valence-corrected chi connectivity index (χ0v) is 10.5. The zero-order chi connectivity index (χ0) is 11.5. The van der Waals surface area contributed by atoms with Crippen LogP contribution in [0.2, 0.25) is 0 Å². The van der Waals surface area contributed by atoms with Crippen LogP contribution in [0.4, 0.5) is 0 Å². The first-order valence-corrected chi connectivity index (χ1v) is 6.94. The summed E-state index contributed by atoms with van der Waals surface area (Å²) in [6, 6.07) is 0. The second-order valence-electron chi connectivity index (χ2n) is 4.51. The van der Waals surface area contributed by atoms with Crippen LogP contribution in [0.15, 0.2) is 23.3 Å². The minimum atomic E-state index is 0.718. The van der Waals surface area contributed by atoms with E-state index in [1.807, 2.05) is 11.7 Å². The van der Waals surface area contributed by atoms with Gasteiger partial charge in [-0.1, -0.05) is 0 Å². The largest absolute Gasteiger partial charge is 0.335 e. The van der Waals surface area contributed by atoms with E-state index in [1.165, 1.54) is 12.2 Å². The number of hydrogen-bond acceptors (Lipinski definition) is 4. The van der Waals surface area contributed by atoms with Gasteiger partial charge in [0, 0.05) is 43.8 Å². The van der Waals surface area contributed by atoms with Gasteiger partial charge in [0.15, 0.2) is 0 Å². The number of aromatic nitrogens is 3. The molecule has 0 saturated heterocycles. The van der Waals surface area contributed by atoms with E-state index in [0.29, 0.717) is 0 Å². The predicted octanol–water partition coefficient (Wildman–Crippen LogP) is 1.69. The van der Waals surface area contributed by atoms with Gasteiger partial charge in [-0.15, -0.1) is 11.3 Å². The molecule has 1 aliphatic heterocycles. The van der Waals surface area contributed by atoms with Crippen LogP contribution >= 0.6 is 11.3 Å². The van der Waals surface area contributed by atoms with E-state index in [4.69, 9.17) is 0 Å². The molecule has 0 amide bonds. The van der Waals surface area contributed by atoms with E-state index in [2.05, 4.69) is 31.4 Å². The lowest BCUT2D eigenvalue weighted by Gasteiger charge is -2.23. The highest BCUT2D eigenvalue weighted by Crippen LogP contribution is 2.17. The molecule has 0 bridgehead atoms. The summed E-state index contributed by atoms with van der Waals surface area (Å²) in [6.45, 7) is 3.05.